The third kappa shape index (κ3) is 3.74. The van der Waals surface area contributed by atoms with Crippen LogP contribution >= 0.6 is 0 Å². The van der Waals surface area contributed by atoms with Gasteiger partial charge in [-0.25, -0.2) is 4.98 Å². The van der Waals surface area contributed by atoms with Crippen LogP contribution in [0.2, 0.25) is 0 Å². The van der Waals surface area contributed by atoms with E-state index in [0.717, 1.165) is 22.4 Å². The molecule has 1 atom stereocenters. The Kier molecular flexibility index (Phi) is 5.06. The van der Waals surface area contributed by atoms with Crippen LogP contribution in [0.15, 0.2) is 78.9 Å². The molecule has 1 amide bonds. The number of benzene rings is 3. The Morgan fingerprint density at radius 3 is 2.50 bits per heavy atom. The number of amides is 1. The van der Waals surface area contributed by atoms with Gasteiger partial charge in [-0.1, -0.05) is 54.6 Å². The molecule has 5 heteroatoms. The first-order chi connectivity index (χ1) is 13.7. The van der Waals surface area contributed by atoms with Crippen molar-refractivity contribution in [2.24, 2.45) is 0 Å². The van der Waals surface area contributed by atoms with E-state index in [1.807, 2.05) is 66.7 Å². The second-order valence-electron chi connectivity index (χ2n) is 6.56. The molecule has 0 aliphatic carbocycles. The molecular weight excluding hydrogens is 350 g/mol. The summed E-state index contributed by atoms with van der Waals surface area (Å²) in [6.45, 7) is 0. The Morgan fingerprint density at radius 1 is 1.00 bits per heavy atom. The normalized spacial score (nSPS) is 11.9. The molecule has 140 valence electrons. The highest BCUT2D eigenvalue weighted by molar-refractivity contribution is 5.97. The van der Waals surface area contributed by atoms with Gasteiger partial charge in [-0.3, -0.25) is 4.79 Å². The van der Waals surface area contributed by atoms with E-state index in [9.17, 15) is 4.79 Å². The summed E-state index contributed by atoms with van der Waals surface area (Å²) in [7, 11) is 1.56. The van der Waals surface area contributed by atoms with Gasteiger partial charge in [0.15, 0.2) is 0 Å². The Balaban J connectivity index is 1.67. The van der Waals surface area contributed by atoms with E-state index in [2.05, 4.69) is 10.3 Å². The van der Waals surface area contributed by atoms with Crippen molar-refractivity contribution in [2.45, 2.75) is 12.5 Å². The summed E-state index contributed by atoms with van der Waals surface area (Å²) in [6, 6.07) is 24.8. The molecule has 4 aromatic rings. The minimum Gasteiger partial charge on any atom is -0.496 e. The van der Waals surface area contributed by atoms with Crippen LogP contribution in [-0.2, 0) is 6.42 Å². The van der Waals surface area contributed by atoms with Gasteiger partial charge in [-0.05, 0) is 36.2 Å². The van der Waals surface area contributed by atoms with Crippen molar-refractivity contribution in [3.05, 3.63) is 95.8 Å². The summed E-state index contributed by atoms with van der Waals surface area (Å²) in [4.78, 5) is 21.0. The number of aromatic amines is 1. The molecule has 1 heterocycles. The second kappa shape index (κ2) is 7.96. The number of hydrogen-bond donors (Lipinski definition) is 2. The third-order valence-corrected chi connectivity index (χ3v) is 4.68. The number of imidazole rings is 1. The molecule has 2 N–H and O–H groups in total. The molecule has 5 nitrogen and oxygen atoms in total. The minimum absolute atomic E-state index is 0.196. The van der Waals surface area contributed by atoms with Crippen molar-refractivity contribution >= 4 is 16.9 Å². The minimum atomic E-state index is -0.299. The van der Waals surface area contributed by atoms with Gasteiger partial charge >= 0.3 is 0 Å². The van der Waals surface area contributed by atoms with Crippen LogP contribution in [0.1, 0.15) is 27.8 Å². The number of para-hydroxylation sites is 3. The van der Waals surface area contributed by atoms with Crippen molar-refractivity contribution in [3.8, 4) is 5.75 Å². The molecule has 0 radical (unpaired) electrons. The van der Waals surface area contributed by atoms with Crippen LogP contribution in [0.5, 0.6) is 5.75 Å². The summed E-state index contributed by atoms with van der Waals surface area (Å²) in [5, 5.41) is 3.12. The average molecular weight is 371 g/mol. The predicted molar refractivity (Wildman–Crippen MR) is 109 cm³/mol. The molecule has 4 rings (SSSR count). The van der Waals surface area contributed by atoms with Gasteiger partial charge in [-0.15, -0.1) is 0 Å². The van der Waals surface area contributed by atoms with Crippen LogP contribution in [0.4, 0.5) is 0 Å². The number of carbonyl (C=O) groups is 1. The van der Waals surface area contributed by atoms with Gasteiger partial charge < -0.3 is 15.0 Å². The highest BCUT2D eigenvalue weighted by Crippen LogP contribution is 2.22. The number of nitrogens with zero attached hydrogens (tertiary/aromatic N) is 1. The third-order valence-electron chi connectivity index (χ3n) is 4.68. The quantitative estimate of drug-likeness (QED) is 0.531. The van der Waals surface area contributed by atoms with Crippen molar-refractivity contribution in [3.63, 3.8) is 0 Å². The summed E-state index contributed by atoms with van der Waals surface area (Å²) >= 11 is 0. The van der Waals surface area contributed by atoms with Crippen LogP contribution in [0, 0.1) is 0 Å². The van der Waals surface area contributed by atoms with E-state index >= 15 is 0 Å². The highest BCUT2D eigenvalue weighted by atomic mass is 16.5. The first-order valence-electron chi connectivity index (χ1n) is 9.17. The van der Waals surface area contributed by atoms with Crippen molar-refractivity contribution in [2.75, 3.05) is 7.11 Å². The van der Waals surface area contributed by atoms with E-state index in [1.165, 1.54) is 0 Å². The van der Waals surface area contributed by atoms with Crippen molar-refractivity contribution < 1.29 is 9.53 Å². The fourth-order valence-electron chi connectivity index (χ4n) is 3.27. The molecule has 0 spiro atoms. The zero-order valence-electron chi connectivity index (χ0n) is 15.6. The summed E-state index contributed by atoms with van der Waals surface area (Å²) in [5.41, 5.74) is 3.44. The smallest absolute Gasteiger partial charge is 0.255 e. The van der Waals surface area contributed by atoms with Gasteiger partial charge in [0.05, 0.1) is 29.7 Å². The Labute approximate surface area is 163 Å². The highest BCUT2D eigenvalue weighted by Gasteiger charge is 2.21. The molecule has 0 unspecified atom stereocenters. The van der Waals surface area contributed by atoms with E-state index in [-0.39, 0.29) is 11.9 Å². The lowest BCUT2D eigenvalue weighted by Crippen LogP contribution is -2.31. The number of nitrogens with one attached hydrogen (secondary N) is 2. The number of carbonyl (C=O) groups excluding carboxylic acids is 1. The SMILES string of the molecule is COc1ccccc1C(=O)N[C@@H](Cc1ccccc1)c1nc2ccccc2[nH]1. The van der Waals surface area contributed by atoms with Crippen molar-refractivity contribution in [1.82, 2.24) is 15.3 Å². The first kappa shape index (κ1) is 17.8. The van der Waals surface area contributed by atoms with Crippen LogP contribution < -0.4 is 10.1 Å². The van der Waals surface area contributed by atoms with Gasteiger partial charge in [0.25, 0.3) is 5.91 Å². The maximum absolute atomic E-state index is 13.0. The number of ether oxygens (including phenoxy) is 1. The average Bonchev–Trinajstić information content (AvgIpc) is 3.18. The van der Waals surface area contributed by atoms with Gasteiger partial charge in [-0.2, -0.15) is 0 Å². The summed E-state index contributed by atoms with van der Waals surface area (Å²) in [6.07, 6.45) is 0.627. The Morgan fingerprint density at radius 2 is 1.71 bits per heavy atom. The number of hydrogen-bond acceptors (Lipinski definition) is 3. The molecular formula is C23H21N3O2. The standard InChI is InChI=1S/C23H21N3O2/c1-28-21-14-8-5-11-17(21)23(27)26-20(15-16-9-3-2-4-10-16)22-24-18-12-6-7-13-19(18)25-22/h2-14,20H,15H2,1H3,(H,24,25)(H,26,27)/t20-/m0/s1. The fourth-order valence-corrected chi connectivity index (χ4v) is 3.27. The largest absolute Gasteiger partial charge is 0.496 e. The Bertz CT molecular complexity index is 1060. The molecule has 0 saturated carbocycles. The zero-order valence-corrected chi connectivity index (χ0v) is 15.6. The van der Waals surface area contributed by atoms with E-state index < -0.39 is 0 Å². The molecule has 0 saturated heterocycles. The monoisotopic (exact) mass is 371 g/mol. The second-order valence-corrected chi connectivity index (χ2v) is 6.56. The molecule has 0 aliphatic heterocycles. The topological polar surface area (TPSA) is 67.0 Å². The van der Waals surface area contributed by atoms with E-state index in [4.69, 9.17) is 9.72 Å². The first-order valence-corrected chi connectivity index (χ1v) is 9.17. The molecule has 0 bridgehead atoms. The van der Waals surface area contributed by atoms with Crippen LogP contribution in [0.25, 0.3) is 11.0 Å². The number of aromatic nitrogens is 2. The van der Waals surface area contributed by atoms with Crippen LogP contribution in [0.3, 0.4) is 0 Å². The number of methoxy groups -OCH3 is 1. The zero-order chi connectivity index (χ0) is 19.3. The number of H-pyrrole nitrogens is 1. The Hall–Kier alpha value is -3.60. The lowest BCUT2D eigenvalue weighted by molar-refractivity contribution is 0.0932. The summed E-state index contributed by atoms with van der Waals surface area (Å²) in [5.74, 6) is 1.08. The van der Waals surface area contributed by atoms with E-state index in [1.54, 1.807) is 19.2 Å². The van der Waals surface area contributed by atoms with Crippen LogP contribution in [-0.4, -0.2) is 23.0 Å². The lowest BCUT2D eigenvalue weighted by atomic mass is 10.0. The van der Waals surface area contributed by atoms with Crippen molar-refractivity contribution in [1.29, 1.82) is 0 Å². The molecule has 28 heavy (non-hydrogen) atoms. The lowest BCUT2D eigenvalue weighted by Gasteiger charge is -2.18. The summed E-state index contributed by atoms with van der Waals surface area (Å²) < 4.78 is 5.34. The van der Waals surface area contributed by atoms with Gasteiger partial charge in [0, 0.05) is 0 Å². The molecule has 0 aliphatic rings. The molecule has 3 aromatic carbocycles. The molecule has 0 fully saturated rings. The predicted octanol–water partition coefficient (Wildman–Crippen LogP) is 4.29. The van der Waals surface area contributed by atoms with Gasteiger partial charge in [0.2, 0.25) is 0 Å². The fraction of sp³-hybridized carbons (Fsp3) is 0.130. The number of rotatable bonds is 6. The van der Waals surface area contributed by atoms with E-state index in [0.29, 0.717) is 17.7 Å². The van der Waals surface area contributed by atoms with Gasteiger partial charge in [0.1, 0.15) is 11.6 Å². The maximum Gasteiger partial charge on any atom is 0.255 e. The number of fused-ring (bicyclic) bond motifs is 1. The molecule has 1 aromatic heterocycles. The maximum atomic E-state index is 13.0.